The smallest absolute Gasteiger partial charge is 0.134 e. The molecule has 1 aliphatic rings. The van der Waals surface area contributed by atoms with Crippen LogP contribution in [0.15, 0.2) is 84.9 Å². The number of hydrogen-bond donors (Lipinski definition) is 0. The van der Waals surface area contributed by atoms with E-state index in [-0.39, 0.29) is 17.2 Å². The molecule has 0 bridgehead atoms. The minimum absolute atomic E-state index is 0.0403. The molecule has 0 aromatic heterocycles. The van der Waals surface area contributed by atoms with Gasteiger partial charge in [-0.2, -0.15) is 0 Å². The van der Waals surface area contributed by atoms with Gasteiger partial charge in [0.1, 0.15) is 11.6 Å². The molecule has 0 fully saturated rings. The highest BCUT2D eigenvalue weighted by atomic mass is 19.1. The molecule has 0 nitrogen and oxygen atoms in total. The van der Waals surface area contributed by atoms with E-state index in [1.54, 1.807) is 0 Å². The van der Waals surface area contributed by atoms with Gasteiger partial charge in [-0.25, -0.2) is 8.78 Å². The summed E-state index contributed by atoms with van der Waals surface area (Å²) in [6, 6.07) is 26.9. The second kappa shape index (κ2) is 5.77. The lowest BCUT2D eigenvalue weighted by molar-refractivity contribution is 0.608. The molecule has 26 heavy (non-hydrogen) atoms. The Hall–Kier alpha value is -3.00. The first-order valence-electron chi connectivity index (χ1n) is 8.76. The second-order valence-corrected chi connectivity index (χ2v) is 6.80. The first kappa shape index (κ1) is 15.3. The van der Waals surface area contributed by atoms with Gasteiger partial charge in [-0.05, 0) is 39.8 Å². The highest BCUT2D eigenvalue weighted by molar-refractivity contribution is 5.94. The Bertz CT molecular complexity index is 1020. The number of hydrogen-bond acceptors (Lipinski definition) is 0. The molecule has 4 aromatic carbocycles. The molecular weight excluding hydrogens is 326 g/mol. The third-order valence-electron chi connectivity index (χ3n) is 5.44. The zero-order valence-electron chi connectivity index (χ0n) is 14.0. The first-order valence-corrected chi connectivity index (χ1v) is 8.76. The van der Waals surface area contributed by atoms with Crippen LogP contribution in [0.1, 0.15) is 34.1 Å². The van der Waals surface area contributed by atoms with Crippen molar-refractivity contribution in [3.05, 3.63) is 119 Å². The van der Waals surface area contributed by atoms with Crippen molar-refractivity contribution in [1.29, 1.82) is 0 Å². The second-order valence-electron chi connectivity index (χ2n) is 6.80. The van der Waals surface area contributed by atoms with E-state index in [1.807, 2.05) is 48.5 Å². The van der Waals surface area contributed by atoms with Crippen LogP contribution in [0.3, 0.4) is 0 Å². The van der Waals surface area contributed by atoms with Crippen molar-refractivity contribution >= 4 is 10.8 Å². The fraction of sp³-hybridized carbons (Fsp3) is 0.0833. The Morgan fingerprint density at radius 2 is 0.885 bits per heavy atom. The fourth-order valence-corrected chi connectivity index (χ4v) is 4.41. The summed E-state index contributed by atoms with van der Waals surface area (Å²) in [5.41, 5.74) is 4.31. The summed E-state index contributed by atoms with van der Waals surface area (Å²) >= 11 is 0. The maximum atomic E-state index is 14.5. The summed E-state index contributed by atoms with van der Waals surface area (Å²) in [5.74, 6) is -0.913. The predicted octanol–water partition coefficient (Wildman–Crippen LogP) is 6.40. The van der Waals surface area contributed by atoms with Crippen LogP contribution >= 0.6 is 0 Å². The number of benzene rings is 4. The molecule has 126 valence electrons. The Morgan fingerprint density at radius 1 is 0.462 bits per heavy atom. The van der Waals surface area contributed by atoms with Crippen molar-refractivity contribution in [2.75, 3.05) is 0 Å². The highest BCUT2D eigenvalue weighted by Gasteiger charge is 2.37. The maximum Gasteiger partial charge on any atom is 0.134 e. The van der Waals surface area contributed by atoms with E-state index in [4.69, 9.17) is 0 Å². The monoisotopic (exact) mass is 342 g/mol. The summed E-state index contributed by atoms with van der Waals surface area (Å²) in [7, 11) is 0. The molecule has 0 saturated heterocycles. The quantitative estimate of drug-likeness (QED) is 0.396. The molecule has 2 unspecified atom stereocenters. The molecule has 0 aliphatic heterocycles. The minimum atomic E-state index is -0.497. The van der Waals surface area contributed by atoms with Crippen molar-refractivity contribution in [3.8, 4) is 0 Å². The number of halogens is 2. The molecule has 0 heterocycles. The van der Waals surface area contributed by atoms with Crippen LogP contribution < -0.4 is 0 Å². The van der Waals surface area contributed by atoms with Gasteiger partial charge in [0.25, 0.3) is 0 Å². The van der Waals surface area contributed by atoms with Crippen molar-refractivity contribution in [3.63, 3.8) is 0 Å². The third kappa shape index (κ3) is 2.12. The molecule has 2 atom stereocenters. The summed E-state index contributed by atoms with van der Waals surface area (Å²) in [5, 5.41) is 0.840. The van der Waals surface area contributed by atoms with Gasteiger partial charge in [0, 0.05) is 11.8 Å². The van der Waals surface area contributed by atoms with Crippen LogP contribution in [0.5, 0.6) is 0 Å². The Labute approximate surface area is 150 Å². The molecule has 4 aromatic rings. The molecule has 0 saturated carbocycles. The Kier molecular flexibility index (Phi) is 3.39. The Morgan fingerprint density at radius 3 is 1.31 bits per heavy atom. The lowest BCUT2D eigenvalue weighted by Gasteiger charge is -2.23. The molecule has 0 amide bonds. The predicted molar refractivity (Wildman–Crippen MR) is 100 cm³/mol. The molecule has 0 radical (unpaired) electrons. The number of rotatable bonds is 2. The zero-order valence-corrected chi connectivity index (χ0v) is 14.0. The topological polar surface area (TPSA) is 0 Å². The van der Waals surface area contributed by atoms with Crippen molar-refractivity contribution in [2.24, 2.45) is 0 Å². The lowest BCUT2D eigenvalue weighted by Crippen LogP contribution is -2.08. The zero-order chi connectivity index (χ0) is 17.7. The Balaban J connectivity index is 1.87. The van der Waals surface area contributed by atoms with E-state index in [9.17, 15) is 8.78 Å². The summed E-state index contributed by atoms with van der Waals surface area (Å²) < 4.78 is 28.9. The van der Waals surface area contributed by atoms with Crippen LogP contribution in [0.2, 0.25) is 0 Å². The van der Waals surface area contributed by atoms with E-state index >= 15 is 0 Å². The maximum absolute atomic E-state index is 14.5. The van der Waals surface area contributed by atoms with Gasteiger partial charge < -0.3 is 0 Å². The van der Waals surface area contributed by atoms with Crippen molar-refractivity contribution < 1.29 is 8.78 Å². The van der Waals surface area contributed by atoms with Crippen LogP contribution in [0.25, 0.3) is 10.8 Å². The minimum Gasteiger partial charge on any atom is -0.206 e. The van der Waals surface area contributed by atoms with E-state index < -0.39 is 11.6 Å². The van der Waals surface area contributed by atoms with E-state index in [0.717, 1.165) is 27.6 Å². The fourth-order valence-electron chi connectivity index (χ4n) is 4.41. The van der Waals surface area contributed by atoms with Gasteiger partial charge in [0.2, 0.25) is 0 Å². The summed E-state index contributed by atoms with van der Waals surface area (Å²) in [6.45, 7) is 0. The van der Waals surface area contributed by atoms with Crippen LogP contribution in [-0.2, 0) is 0 Å². The molecule has 2 heteroatoms. The average Bonchev–Trinajstić information content (AvgIpc) is 3.02. The van der Waals surface area contributed by atoms with E-state index in [0.29, 0.717) is 0 Å². The van der Waals surface area contributed by atoms with E-state index in [1.165, 1.54) is 12.1 Å². The van der Waals surface area contributed by atoms with Gasteiger partial charge >= 0.3 is 0 Å². The van der Waals surface area contributed by atoms with Gasteiger partial charge in [-0.15, -0.1) is 0 Å². The van der Waals surface area contributed by atoms with Gasteiger partial charge in [-0.1, -0.05) is 72.8 Å². The largest absolute Gasteiger partial charge is 0.206 e. The lowest BCUT2D eigenvalue weighted by atomic mass is 9.80. The van der Waals surface area contributed by atoms with Crippen molar-refractivity contribution in [1.82, 2.24) is 0 Å². The summed E-state index contributed by atoms with van der Waals surface area (Å²) in [4.78, 5) is 0. The molecule has 0 N–H and O–H groups in total. The third-order valence-corrected chi connectivity index (χ3v) is 5.44. The van der Waals surface area contributed by atoms with Crippen molar-refractivity contribution in [2.45, 2.75) is 11.8 Å². The van der Waals surface area contributed by atoms with Gasteiger partial charge in [0.05, 0.1) is 5.39 Å². The van der Waals surface area contributed by atoms with E-state index in [2.05, 4.69) is 24.3 Å². The molecule has 5 rings (SSSR count). The molecule has 1 aliphatic carbocycles. The van der Waals surface area contributed by atoms with Crippen LogP contribution in [-0.4, -0.2) is 0 Å². The highest BCUT2D eigenvalue weighted by Crippen LogP contribution is 2.53. The SMILES string of the molecule is Fc1ccc2c3c(ccc(F)c13)C(c1ccccc1)C2c1ccccc1. The van der Waals surface area contributed by atoms with Crippen LogP contribution in [0, 0.1) is 11.6 Å². The molecular formula is C24H16F2. The standard InChI is InChI=1S/C24H16F2/c25-19-13-11-17-21(15-7-3-1-4-8-15)22(16-9-5-2-6-10-16)18-12-14-20(26)24(19)23(17)18/h1-14,21-22H. The normalized spacial score (nSPS) is 18.4. The average molecular weight is 342 g/mol. The first-order chi connectivity index (χ1) is 12.8. The molecule has 0 spiro atoms. The van der Waals surface area contributed by atoms with Gasteiger partial charge in [0.15, 0.2) is 0 Å². The van der Waals surface area contributed by atoms with Crippen LogP contribution in [0.4, 0.5) is 8.78 Å². The van der Waals surface area contributed by atoms with Gasteiger partial charge in [-0.3, -0.25) is 0 Å². The summed E-state index contributed by atoms with van der Waals surface area (Å²) in [6.07, 6.45) is 0.